The van der Waals surface area contributed by atoms with Gasteiger partial charge in [-0.1, -0.05) is 0 Å². The maximum absolute atomic E-state index is 11.5. The highest BCUT2D eigenvalue weighted by Gasteiger charge is 2.10. The van der Waals surface area contributed by atoms with Crippen molar-refractivity contribution in [3.8, 4) is 0 Å². The van der Waals surface area contributed by atoms with Gasteiger partial charge < -0.3 is 19.3 Å². The van der Waals surface area contributed by atoms with Gasteiger partial charge in [0.15, 0.2) is 5.88 Å². The minimum Gasteiger partial charge on any atom is -0.481 e. The number of nitrogens with one attached hydrogen (secondary N) is 1. The summed E-state index contributed by atoms with van der Waals surface area (Å²) in [6.45, 7) is 0. The number of carbonyl (C=O) groups is 1. The van der Waals surface area contributed by atoms with Gasteiger partial charge in [-0.15, -0.1) is 0 Å². The second-order valence-electron chi connectivity index (χ2n) is 4.47. The SMILES string of the molecule is O=C(O)Cc1cc(=O)oc2cc(Nc3ccco3)ccc12. The molecule has 21 heavy (non-hydrogen) atoms. The highest BCUT2D eigenvalue weighted by atomic mass is 16.4. The summed E-state index contributed by atoms with van der Waals surface area (Å²) in [4.78, 5) is 22.4. The van der Waals surface area contributed by atoms with Crippen LogP contribution < -0.4 is 10.9 Å². The third-order valence-electron chi connectivity index (χ3n) is 2.96. The van der Waals surface area contributed by atoms with Crippen molar-refractivity contribution >= 4 is 28.5 Å². The summed E-state index contributed by atoms with van der Waals surface area (Å²) in [5.74, 6) is -0.446. The number of carboxylic acids is 1. The molecule has 0 spiro atoms. The average molecular weight is 285 g/mol. The molecule has 3 aromatic rings. The molecule has 2 N–H and O–H groups in total. The van der Waals surface area contributed by atoms with Crippen LogP contribution in [0.3, 0.4) is 0 Å². The van der Waals surface area contributed by atoms with Crippen molar-refractivity contribution in [1.82, 2.24) is 0 Å². The summed E-state index contributed by atoms with van der Waals surface area (Å²) in [5, 5.41) is 12.5. The second-order valence-corrected chi connectivity index (χ2v) is 4.47. The van der Waals surface area contributed by atoms with E-state index in [9.17, 15) is 9.59 Å². The van der Waals surface area contributed by atoms with Crippen LogP contribution in [-0.4, -0.2) is 11.1 Å². The molecule has 0 saturated carbocycles. The van der Waals surface area contributed by atoms with E-state index in [0.29, 0.717) is 28.1 Å². The van der Waals surface area contributed by atoms with E-state index in [1.807, 2.05) is 0 Å². The van der Waals surface area contributed by atoms with Gasteiger partial charge in [0.25, 0.3) is 0 Å². The van der Waals surface area contributed by atoms with Gasteiger partial charge in [-0.05, 0) is 23.8 Å². The minimum atomic E-state index is -1.00. The zero-order valence-electron chi connectivity index (χ0n) is 10.8. The van der Waals surface area contributed by atoms with Gasteiger partial charge in [0.2, 0.25) is 0 Å². The largest absolute Gasteiger partial charge is 0.481 e. The third kappa shape index (κ3) is 2.79. The van der Waals surface area contributed by atoms with Gasteiger partial charge in [-0.3, -0.25) is 4.79 Å². The smallest absolute Gasteiger partial charge is 0.336 e. The van der Waals surface area contributed by atoms with Crippen molar-refractivity contribution in [1.29, 1.82) is 0 Å². The Hall–Kier alpha value is -3.02. The van der Waals surface area contributed by atoms with Crippen molar-refractivity contribution in [2.75, 3.05) is 5.32 Å². The molecular weight excluding hydrogens is 274 g/mol. The average Bonchev–Trinajstić information content (AvgIpc) is 2.90. The third-order valence-corrected chi connectivity index (χ3v) is 2.96. The molecule has 0 aliphatic rings. The second kappa shape index (κ2) is 5.16. The molecule has 6 nitrogen and oxygen atoms in total. The zero-order valence-corrected chi connectivity index (χ0v) is 10.8. The van der Waals surface area contributed by atoms with Crippen molar-refractivity contribution in [3.05, 3.63) is 58.6 Å². The zero-order chi connectivity index (χ0) is 14.8. The molecule has 2 aromatic heterocycles. The van der Waals surface area contributed by atoms with E-state index in [-0.39, 0.29) is 6.42 Å². The Morgan fingerprint density at radius 1 is 1.24 bits per heavy atom. The van der Waals surface area contributed by atoms with Crippen LogP contribution in [0.2, 0.25) is 0 Å². The first-order valence-corrected chi connectivity index (χ1v) is 6.21. The van der Waals surface area contributed by atoms with Crippen molar-refractivity contribution < 1.29 is 18.7 Å². The molecule has 106 valence electrons. The summed E-state index contributed by atoms with van der Waals surface area (Å²) in [5.41, 5.74) is 0.857. The topological polar surface area (TPSA) is 92.7 Å². The molecule has 2 heterocycles. The highest BCUT2D eigenvalue weighted by molar-refractivity contribution is 5.87. The molecule has 3 rings (SSSR count). The molecule has 1 aromatic carbocycles. The van der Waals surface area contributed by atoms with Crippen LogP contribution in [0.5, 0.6) is 0 Å². The first-order chi connectivity index (χ1) is 10.1. The van der Waals surface area contributed by atoms with Crippen molar-refractivity contribution in [3.63, 3.8) is 0 Å². The standard InChI is InChI=1S/C15H11NO5/c17-14(18)6-9-7-15(19)21-12-8-10(3-4-11(9)12)16-13-2-1-5-20-13/h1-5,7-8,16H,6H2,(H,17,18). The number of hydrogen-bond donors (Lipinski definition) is 2. The van der Waals surface area contributed by atoms with Crippen molar-refractivity contribution in [2.24, 2.45) is 0 Å². The maximum atomic E-state index is 11.5. The number of hydrogen-bond acceptors (Lipinski definition) is 5. The molecule has 0 saturated heterocycles. The summed E-state index contributed by atoms with van der Waals surface area (Å²) >= 11 is 0. The van der Waals surface area contributed by atoms with Crippen LogP contribution in [-0.2, 0) is 11.2 Å². The molecule has 0 atom stereocenters. The minimum absolute atomic E-state index is 0.229. The Morgan fingerprint density at radius 3 is 2.81 bits per heavy atom. The summed E-state index contributed by atoms with van der Waals surface area (Å²) in [6, 6.07) is 9.80. The van der Waals surface area contributed by atoms with Gasteiger partial charge in [-0.2, -0.15) is 0 Å². The van der Waals surface area contributed by atoms with Gasteiger partial charge in [0, 0.05) is 29.3 Å². The Kier molecular flexibility index (Phi) is 3.19. The fraction of sp³-hybridized carbons (Fsp3) is 0.0667. The quantitative estimate of drug-likeness (QED) is 0.716. The lowest BCUT2D eigenvalue weighted by Crippen LogP contribution is -2.06. The van der Waals surface area contributed by atoms with Crippen LogP contribution in [0.4, 0.5) is 11.6 Å². The fourth-order valence-corrected chi connectivity index (χ4v) is 2.11. The molecule has 0 amide bonds. The van der Waals surface area contributed by atoms with E-state index in [4.69, 9.17) is 13.9 Å². The predicted molar refractivity (Wildman–Crippen MR) is 75.8 cm³/mol. The molecule has 0 bridgehead atoms. The molecule has 0 aliphatic heterocycles. The molecular formula is C15H11NO5. The van der Waals surface area contributed by atoms with Gasteiger partial charge >= 0.3 is 11.6 Å². The van der Waals surface area contributed by atoms with E-state index in [1.54, 1.807) is 30.3 Å². The van der Waals surface area contributed by atoms with Crippen LogP contribution in [0.25, 0.3) is 11.0 Å². The summed E-state index contributed by atoms with van der Waals surface area (Å²) in [6.07, 6.45) is 1.31. The first kappa shape index (κ1) is 13.0. The Morgan fingerprint density at radius 2 is 2.10 bits per heavy atom. The van der Waals surface area contributed by atoms with Gasteiger partial charge in [-0.25, -0.2) is 4.79 Å². The number of rotatable bonds is 4. The van der Waals surface area contributed by atoms with E-state index in [1.165, 1.54) is 12.3 Å². The Bertz CT molecular complexity index is 848. The molecule has 0 unspecified atom stereocenters. The highest BCUT2D eigenvalue weighted by Crippen LogP contribution is 2.24. The van der Waals surface area contributed by atoms with E-state index < -0.39 is 11.6 Å². The maximum Gasteiger partial charge on any atom is 0.336 e. The molecule has 6 heteroatoms. The number of anilines is 2. The van der Waals surface area contributed by atoms with E-state index in [0.717, 1.165) is 0 Å². The number of furan rings is 1. The first-order valence-electron chi connectivity index (χ1n) is 6.21. The van der Waals surface area contributed by atoms with Gasteiger partial charge in [0.05, 0.1) is 12.7 Å². The number of fused-ring (bicyclic) bond motifs is 1. The summed E-state index contributed by atoms with van der Waals surface area (Å²) in [7, 11) is 0. The fourth-order valence-electron chi connectivity index (χ4n) is 2.11. The van der Waals surface area contributed by atoms with E-state index in [2.05, 4.69) is 5.32 Å². The van der Waals surface area contributed by atoms with Crippen molar-refractivity contribution in [2.45, 2.75) is 6.42 Å². The van der Waals surface area contributed by atoms with Crippen LogP contribution in [0.15, 0.2) is 56.3 Å². The summed E-state index contributed by atoms with van der Waals surface area (Å²) < 4.78 is 10.3. The lowest BCUT2D eigenvalue weighted by atomic mass is 10.1. The molecule has 0 radical (unpaired) electrons. The Balaban J connectivity index is 2.05. The van der Waals surface area contributed by atoms with E-state index >= 15 is 0 Å². The van der Waals surface area contributed by atoms with Crippen LogP contribution in [0.1, 0.15) is 5.56 Å². The molecule has 0 aliphatic carbocycles. The lowest BCUT2D eigenvalue weighted by molar-refractivity contribution is -0.136. The normalized spacial score (nSPS) is 10.7. The van der Waals surface area contributed by atoms with Gasteiger partial charge in [0.1, 0.15) is 5.58 Å². The number of aliphatic carboxylic acids is 1. The number of benzene rings is 1. The van der Waals surface area contributed by atoms with Crippen LogP contribution in [0, 0.1) is 0 Å². The number of carboxylic acid groups (broad SMARTS) is 1. The Labute approximate surface area is 118 Å². The lowest BCUT2D eigenvalue weighted by Gasteiger charge is -2.06. The van der Waals surface area contributed by atoms with Crippen LogP contribution >= 0.6 is 0 Å². The monoisotopic (exact) mass is 285 g/mol. The molecule has 0 fully saturated rings. The predicted octanol–water partition coefficient (Wildman–Crippen LogP) is 2.76.